The highest BCUT2D eigenvalue weighted by atomic mass is 35.5. The summed E-state index contributed by atoms with van der Waals surface area (Å²) >= 11 is 6.93. The zero-order valence-electron chi connectivity index (χ0n) is 18.4. The summed E-state index contributed by atoms with van der Waals surface area (Å²) in [7, 11) is 0. The van der Waals surface area contributed by atoms with E-state index in [1.165, 1.54) is 17.5 Å². The first-order valence-corrected chi connectivity index (χ1v) is 11.3. The maximum Gasteiger partial charge on any atom is 0.284 e. The smallest absolute Gasteiger partial charge is 0.284 e. The molecule has 1 fully saturated rings. The fourth-order valence-corrected chi connectivity index (χ4v) is 3.50. The Kier molecular flexibility index (Phi) is 10.3. The molecule has 0 spiro atoms. The van der Waals surface area contributed by atoms with Crippen molar-refractivity contribution in [1.82, 2.24) is 15.2 Å². The maximum absolute atomic E-state index is 12.3. The van der Waals surface area contributed by atoms with E-state index < -0.39 is 5.91 Å². The Morgan fingerprint density at radius 2 is 2.15 bits per heavy atom. The van der Waals surface area contributed by atoms with Gasteiger partial charge >= 0.3 is 0 Å². The van der Waals surface area contributed by atoms with Gasteiger partial charge in [0.1, 0.15) is 17.3 Å². The van der Waals surface area contributed by atoms with Crippen molar-refractivity contribution >= 4 is 46.6 Å². The molecule has 0 aromatic carbocycles. The Labute approximate surface area is 202 Å². The number of hydrogen-bond acceptors (Lipinski definition) is 6. The number of nitrogens with one attached hydrogen (secondary N) is 3. The molecular weight excluding hydrogens is 462 g/mol. The van der Waals surface area contributed by atoms with Gasteiger partial charge in [0, 0.05) is 18.4 Å². The molecular formula is C23H26ClN5O3S. The lowest BCUT2D eigenvalue weighted by Crippen LogP contribution is -2.24. The summed E-state index contributed by atoms with van der Waals surface area (Å²) in [6, 6.07) is 5.11. The number of hydrogen-bond donors (Lipinski definition) is 3. The van der Waals surface area contributed by atoms with Crippen LogP contribution in [-0.4, -0.2) is 47.4 Å². The summed E-state index contributed by atoms with van der Waals surface area (Å²) in [6.45, 7) is 9.59. The van der Waals surface area contributed by atoms with Crippen LogP contribution in [0.2, 0.25) is 5.02 Å². The minimum atomic E-state index is -0.398. The lowest BCUT2D eigenvalue weighted by Gasteiger charge is -2.10. The van der Waals surface area contributed by atoms with Gasteiger partial charge in [-0.05, 0) is 43.5 Å². The summed E-state index contributed by atoms with van der Waals surface area (Å²) in [5.41, 5.74) is 0.945. The average molecular weight is 488 g/mol. The first kappa shape index (κ1) is 25.8. The van der Waals surface area contributed by atoms with Gasteiger partial charge in [-0.25, -0.2) is 4.98 Å². The van der Waals surface area contributed by atoms with Crippen LogP contribution in [0.15, 0.2) is 66.4 Å². The van der Waals surface area contributed by atoms with Crippen molar-refractivity contribution in [3.05, 3.63) is 81.8 Å². The van der Waals surface area contributed by atoms with E-state index in [9.17, 15) is 9.59 Å². The van der Waals surface area contributed by atoms with Crippen LogP contribution in [0.25, 0.3) is 0 Å². The summed E-state index contributed by atoms with van der Waals surface area (Å²) < 4.78 is 4.94. The Bertz CT molecular complexity index is 1050. The Balaban J connectivity index is 0.000000321. The van der Waals surface area contributed by atoms with Crippen LogP contribution in [-0.2, 0) is 4.74 Å². The summed E-state index contributed by atoms with van der Waals surface area (Å²) in [4.78, 5) is 30.7. The van der Waals surface area contributed by atoms with Crippen LogP contribution in [0.5, 0.6) is 0 Å². The number of carbonyl (C=O) groups is 2. The molecule has 33 heavy (non-hydrogen) atoms. The first-order valence-electron chi connectivity index (χ1n) is 10.0. The van der Waals surface area contributed by atoms with Gasteiger partial charge in [0.15, 0.2) is 0 Å². The van der Waals surface area contributed by atoms with E-state index in [1.54, 1.807) is 42.7 Å². The van der Waals surface area contributed by atoms with E-state index in [4.69, 9.17) is 21.7 Å². The SMILES string of the molecule is C/C=C\CN1CCOC1=N.C=C/C=C(\C)NC(=O)c1ccsc1C(=O)Nc1ccc(Cl)cn1. The molecule has 8 nitrogen and oxygen atoms in total. The van der Waals surface area contributed by atoms with Gasteiger partial charge in [0.05, 0.1) is 17.1 Å². The van der Waals surface area contributed by atoms with Crippen LogP contribution in [0, 0.1) is 5.41 Å². The molecule has 0 radical (unpaired) electrons. The average Bonchev–Trinajstić information content (AvgIpc) is 3.43. The summed E-state index contributed by atoms with van der Waals surface area (Å²) in [6.07, 6.45) is 8.67. The van der Waals surface area contributed by atoms with Crippen molar-refractivity contribution in [3.8, 4) is 0 Å². The zero-order valence-corrected chi connectivity index (χ0v) is 20.0. The summed E-state index contributed by atoms with van der Waals surface area (Å²) in [5, 5.41) is 14.7. The fraction of sp³-hybridized carbons (Fsp3) is 0.217. The van der Waals surface area contributed by atoms with Crippen LogP contribution < -0.4 is 10.6 Å². The van der Waals surface area contributed by atoms with E-state index in [-0.39, 0.29) is 5.91 Å². The lowest BCUT2D eigenvalue weighted by atomic mass is 10.2. The number of ether oxygens (including phenoxy) is 1. The van der Waals surface area contributed by atoms with E-state index >= 15 is 0 Å². The van der Waals surface area contributed by atoms with Crippen LogP contribution in [0.4, 0.5) is 5.82 Å². The van der Waals surface area contributed by atoms with Crippen molar-refractivity contribution in [1.29, 1.82) is 5.41 Å². The van der Waals surface area contributed by atoms with E-state index in [1.807, 2.05) is 24.0 Å². The van der Waals surface area contributed by atoms with Gasteiger partial charge in [-0.2, -0.15) is 0 Å². The van der Waals surface area contributed by atoms with Gasteiger partial charge in [-0.15, -0.1) is 11.3 Å². The molecule has 2 aromatic heterocycles. The Hall–Kier alpha value is -3.43. The molecule has 0 unspecified atom stereocenters. The summed E-state index contributed by atoms with van der Waals surface area (Å²) in [5.74, 6) is -0.386. The highest BCUT2D eigenvalue weighted by Crippen LogP contribution is 2.19. The number of nitrogens with zero attached hydrogens (tertiary/aromatic N) is 2. The molecule has 174 valence electrons. The molecule has 1 aliphatic rings. The first-order chi connectivity index (χ1) is 15.8. The van der Waals surface area contributed by atoms with Crippen LogP contribution in [0.1, 0.15) is 33.9 Å². The molecule has 3 N–H and O–H groups in total. The van der Waals surface area contributed by atoms with Gasteiger partial charge < -0.3 is 20.3 Å². The van der Waals surface area contributed by atoms with E-state index in [2.05, 4.69) is 22.2 Å². The monoisotopic (exact) mass is 487 g/mol. The van der Waals surface area contributed by atoms with Gasteiger partial charge in [-0.1, -0.05) is 36.4 Å². The predicted molar refractivity (Wildman–Crippen MR) is 133 cm³/mol. The molecule has 3 heterocycles. The predicted octanol–water partition coefficient (Wildman–Crippen LogP) is 4.70. The van der Waals surface area contributed by atoms with Gasteiger partial charge in [0.25, 0.3) is 17.8 Å². The number of allylic oxidation sites excluding steroid dienone is 4. The molecule has 10 heteroatoms. The minimum absolute atomic E-state index is 0.304. The van der Waals surface area contributed by atoms with Crippen molar-refractivity contribution < 1.29 is 14.3 Å². The minimum Gasteiger partial charge on any atom is -0.463 e. The molecule has 0 saturated carbocycles. The number of halogens is 1. The van der Waals surface area contributed by atoms with Crippen LogP contribution >= 0.6 is 22.9 Å². The number of thiophene rings is 1. The molecule has 3 rings (SSSR count). The number of carbonyl (C=O) groups excluding carboxylic acids is 2. The van der Waals surface area contributed by atoms with Crippen molar-refractivity contribution in [2.75, 3.05) is 25.0 Å². The molecule has 2 aromatic rings. The second-order valence-electron chi connectivity index (χ2n) is 6.69. The molecule has 0 atom stereocenters. The third-order valence-corrected chi connectivity index (χ3v) is 5.35. The Morgan fingerprint density at radius 3 is 2.76 bits per heavy atom. The number of pyridine rings is 1. The molecule has 0 aliphatic carbocycles. The molecule has 2 amide bonds. The molecule has 1 aliphatic heterocycles. The van der Waals surface area contributed by atoms with Crippen molar-refractivity contribution in [3.63, 3.8) is 0 Å². The topological polar surface area (TPSA) is 107 Å². The standard InChI is InChI=1S/C16H14ClN3O2S.C7H12N2O/c1-3-4-10(2)19-15(21)12-7-8-23-14(12)16(22)20-13-6-5-11(17)9-18-13;1-2-3-4-9-5-6-10-7(9)8/h3-9H,1H2,2H3,(H,19,21)(H,18,20,22);2-3,8H,4-6H2,1H3/b10-4+;3-2-,8-7?. The number of amidine groups is 1. The Morgan fingerprint density at radius 1 is 1.36 bits per heavy atom. The van der Waals surface area contributed by atoms with E-state index in [0.717, 1.165) is 13.1 Å². The van der Waals surface area contributed by atoms with Crippen molar-refractivity contribution in [2.24, 2.45) is 0 Å². The van der Waals surface area contributed by atoms with Gasteiger partial charge in [0.2, 0.25) is 0 Å². The van der Waals surface area contributed by atoms with Crippen LogP contribution in [0.3, 0.4) is 0 Å². The number of aromatic nitrogens is 1. The highest BCUT2D eigenvalue weighted by molar-refractivity contribution is 7.12. The zero-order chi connectivity index (χ0) is 24.2. The van der Waals surface area contributed by atoms with Gasteiger partial charge in [-0.3, -0.25) is 15.0 Å². The fourth-order valence-electron chi connectivity index (χ4n) is 2.60. The second-order valence-corrected chi connectivity index (χ2v) is 8.04. The maximum atomic E-state index is 12.3. The highest BCUT2D eigenvalue weighted by Gasteiger charge is 2.19. The van der Waals surface area contributed by atoms with E-state index in [0.29, 0.717) is 39.6 Å². The largest absolute Gasteiger partial charge is 0.463 e. The normalized spacial score (nSPS) is 13.2. The lowest BCUT2D eigenvalue weighted by molar-refractivity contribution is 0.0952. The second kappa shape index (κ2) is 13.2. The number of amides is 2. The number of anilines is 1. The molecule has 0 bridgehead atoms. The third kappa shape index (κ3) is 8.21. The third-order valence-electron chi connectivity index (χ3n) is 4.21. The quantitative estimate of drug-likeness (QED) is 0.387. The molecule has 1 saturated heterocycles. The number of rotatable bonds is 7. The van der Waals surface area contributed by atoms with Crippen molar-refractivity contribution in [2.45, 2.75) is 13.8 Å².